The van der Waals surface area contributed by atoms with Crippen LogP contribution < -0.4 is 10.6 Å². The number of cyclic esters (lactones) is 2. The van der Waals surface area contributed by atoms with E-state index in [-0.39, 0.29) is 23.1 Å². The van der Waals surface area contributed by atoms with Gasteiger partial charge in [-0.1, -0.05) is 12.5 Å². The van der Waals surface area contributed by atoms with Crippen LogP contribution in [0.2, 0.25) is 0 Å². The summed E-state index contributed by atoms with van der Waals surface area (Å²) in [6, 6.07) is 2.98. The SMILES string of the molecule is CC1OC(=O)C2CCCC2C(C)OC(=O)C1NC(=O)c1cccc(NC=O)c1O. The quantitative estimate of drug-likeness (QED) is 0.392. The van der Waals surface area contributed by atoms with Gasteiger partial charge in [0.2, 0.25) is 6.41 Å². The van der Waals surface area contributed by atoms with Gasteiger partial charge in [-0.2, -0.15) is 0 Å². The third-order valence-corrected chi connectivity index (χ3v) is 5.58. The molecule has 3 rings (SSSR count). The molecular formula is C20H24N2O7. The third-order valence-electron chi connectivity index (χ3n) is 5.58. The molecule has 5 atom stereocenters. The topological polar surface area (TPSA) is 131 Å². The van der Waals surface area contributed by atoms with Gasteiger partial charge < -0.3 is 25.2 Å². The Balaban J connectivity index is 1.82. The average Bonchev–Trinajstić information content (AvgIpc) is 3.17. The summed E-state index contributed by atoms with van der Waals surface area (Å²) in [4.78, 5) is 48.6. The molecule has 2 aliphatic rings. The van der Waals surface area contributed by atoms with Gasteiger partial charge in [-0.25, -0.2) is 4.79 Å². The average molecular weight is 404 g/mol. The maximum atomic E-state index is 12.7. The van der Waals surface area contributed by atoms with Crippen LogP contribution in [0.4, 0.5) is 5.69 Å². The highest BCUT2D eigenvalue weighted by atomic mass is 16.6. The molecule has 1 saturated heterocycles. The minimum atomic E-state index is -1.24. The van der Waals surface area contributed by atoms with Gasteiger partial charge in [0.1, 0.15) is 12.2 Å². The van der Waals surface area contributed by atoms with Crippen LogP contribution in [0.1, 0.15) is 43.5 Å². The number of ether oxygens (including phenoxy) is 2. The Labute approximate surface area is 167 Å². The standard InChI is InChI=1S/C20H24N2O7/c1-10-12-5-3-6-13(12)19(26)29-11(2)16(20(27)28-10)22-18(25)14-7-4-8-15(17(14)24)21-9-23/h4,7-13,16,24H,3,5-6H2,1-2H3,(H,21,23)(H,22,25). The molecule has 9 heteroatoms. The minimum absolute atomic E-state index is 0.0469. The van der Waals surface area contributed by atoms with E-state index in [2.05, 4.69) is 10.6 Å². The number of carbonyl (C=O) groups is 4. The molecule has 3 N–H and O–H groups in total. The number of carbonyl (C=O) groups excluding carboxylic acids is 4. The van der Waals surface area contributed by atoms with Gasteiger partial charge in [0, 0.05) is 5.92 Å². The lowest BCUT2D eigenvalue weighted by Crippen LogP contribution is -2.50. The number of esters is 2. The van der Waals surface area contributed by atoms with E-state index < -0.39 is 41.8 Å². The zero-order chi connectivity index (χ0) is 21.1. The fraction of sp³-hybridized carbons (Fsp3) is 0.500. The lowest BCUT2D eigenvalue weighted by atomic mass is 9.91. The molecule has 1 aromatic carbocycles. The molecule has 156 valence electrons. The molecule has 1 heterocycles. The predicted molar refractivity (Wildman–Crippen MR) is 101 cm³/mol. The molecule has 9 nitrogen and oxygen atoms in total. The number of phenolic OH excluding ortho intramolecular Hbond substituents is 1. The summed E-state index contributed by atoms with van der Waals surface area (Å²) in [5.74, 6) is -2.76. The van der Waals surface area contributed by atoms with Crippen LogP contribution in [0.15, 0.2) is 18.2 Å². The number of rotatable bonds is 4. The van der Waals surface area contributed by atoms with Crippen molar-refractivity contribution in [2.45, 2.75) is 51.4 Å². The molecule has 0 aromatic heterocycles. The van der Waals surface area contributed by atoms with Crippen molar-refractivity contribution in [3.05, 3.63) is 23.8 Å². The molecule has 1 aliphatic carbocycles. The van der Waals surface area contributed by atoms with Crippen molar-refractivity contribution in [2.75, 3.05) is 5.32 Å². The van der Waals surface area contributed by atoms with Gasteiger partial charge in [-0.15, -0.1) is 0 Å². The second-order valence-corrected chi connectivity index (χ2v) is 7.40. The molecular weight excluding hydrogens is 380 g/mol. The van der Waals surface area contributed by atoms with Crippen molar-refractivity contribution in [1.29, 1.82) is 0 Å². The van der Waals surface area contributed by atoms with E-state index in [1.807, 2.05) is 0 Å². The second-order valence-electron chi connectivity index (χ2n) is 7.40. The molecule has 2 amide bonds. The van der Waals surface area contributed by atoms with Gasteiger partial charge in [0.25, 0.3) is 5.91 Å². The van der Waals surface area contributed by atoms with E-state index in [0.29, 0.717) is 12.8 Å². The predicted octanol–water partition coefficient (Wildman–Crippen LogP) is 1.35. The number of nitrogens with one attached hydrogen (secondary N) is 2. The van der Waals surface area contributed by atoms with Crippen LogP contribution in [0, 0.1) is 11.8 Å². The normalized spacial score (nSPS) is 29.4. The van der Waals surface area contributed by atoms with E-state index in [9.17, 15) is 24.3 Å². The summed E-state index contributed by atoms with van der Waals surface area (Å²) in [6.07, 6.45) is 1.24. The Morgan fingerprint density at radius 1 is 1.14 bits per heavy atom. The molecule has 2 fully saturated rings. The Morgan fingerprint density at radius 3 is 2.59 bits per heavy atom. The van der Waals surface area contributed by atoms with Crippen molar-refractivity contribution in [1.82, 2.24) is 5.32 Å². The first-order chi connectivity index (χ1) is 13.8. The summed E-state index contributed by atoms with van der Waals surface area (Å²) in [7, 11) is 0. The van der Waals surface area contributed by atoms with Crippen LogP contribution in [0.3, 0.4) is 0 Å². The molecule has 1 saturated carbocycles. The molecule has 0 radical (unpaired) electrons. The van der Waals surface area contributed by atoms with Crippen LogP contribution in [0.25, 0.3) is 0 Å². The lowest BCUT2D eigenvalue weighted by Gasteiger charge is -2.24. The largest absolute Gasteiger partial charge is 0.505 e. The van der Waals surface area contributed by atoms with Crippen LogP contribution in [-0.2, 0) is 23.9 Å². The van der Waals surface area contributed by atoms with Crippen molar-refractivity contribution in [3.8, 4) is 5.75 Å². The first kappa shape index (κ1) is 20.6. The number of hydrogen-bond donors (Lipinski definition) is 3. The van der Waals surface area contributed by atoms with Gasteiger partial charge in [-0.05, 0) is 38.8 Å². The van der Waals surface area contributed by atoms with Crippen LogP contribution >= 0.6 is 0 Å². The van der Waals surface area contributed by atoms with Crippen molar-refractivity contribution >= 4 is 29.9 Å². The zero-order valence-electron chi connectivity index (χ0n) is 16.2. The van der Waals surface area contributed by atoms with Crippen LogP contribution in [-0.4, -0.2) is 47.6 Å². The molecule has 29 heavy (non-hydrogen) atoms. The number of amides is 2. The number of hydrogen-bond acceptors (Lipinski definition) is 7. The fourth-order valence-corrected chi connectivity index (χ4v) is 4.02. The van der Waals surface area contributed by atoms with Crippen LogP contribution in [0.5, 0.6) is 5.75 Å². The number of para-hydroxylation sites is 1. The van der Waals surface area contributed by atoms with E-state index >= 15 is 0 Å². The summed E-state index contributed by atoms with van der Waals surface area (Å²) in [5, 5.41) is 15.0. The highest BCUT2D eigenvalue weighted by molar-refractivity contribution is 6.01. The smallest absolute Gasteiger partial charge is 0.332 e. The van der Waals surface area contributed by atoms with E-state index in [1.54, 1.807) is 6.92 Å². The lowest BCUT2D eigenvalue weighted by molar-refractivity contribution is -0.157. The highest BCUT2D eigenvalue weighted by Crippen LogP contribution is 2.37. The summed E-state index contributed by atoms with van der Waals surface area (Å²) < 4.78 is 11.0. The minimum Gasteiger partial charge on any atom is -0.505 e. The fourth-order valence-electron chi connectivity index (χ4n) is 4.02. The third kappa shape index (κ3) is 4.18. The number of aromatic hydroxyl groups is 1. The number of anilines is 1. The van der Waals surface area contributed by atoms with Crippen molar-refractivity contribution in [2.24, 2.45) is 11.8 Å². The Bertz CT molecular complexity index is 825. The number of phenols is 1. The molecule has 0 spiro atoms. The maximum absolute atomic E-state index is 12.7. The first-order valence-corrected chi connectivity index (χ1v) is 9.57. The molecule has 5 unspecified atom stereocenters. The number of benzene rings is 1. The molecule has 1 aromatic rings. The monoisotopic (exact) mass is 404 g/mol. The summed E-state index contributed by atoms with van der Waals surface area (Å²) in [6.45, 7) is 3.25. The zero-order valence-corrected chi connectivity index (χ0v) is 16.2. The van der Waals surface area contributed by atoms with E-state index in [0.717, 1.165) is 12.8 Å². The molecule has 0 bridgehead atoms. The maximum Gasteiger partial charge on any atom is 0.332 e. The number of fused-ring (bicyclic) bond motifs is 1. The van der Waals surface area contributed by atoms with Gasteiger partial charge in [0.15, 0.2) is 11.8 Å². The second kappa shape index (κ2) is 8.50. The van der Waals surface area contributed by atoms with E-state index in [4.69, 9.17) is 9.47 Å². The Kier molecular flexibility index (Phi) is 6.05. The van der Waals surface area contributed by atoms with Gasteiger partial charge in [-0.3, -0.25) is 14.4 Å². The van der Waals surface area contributed by atoms with Gasteiger partial charge in [0.05, 0.1) is 17.2 Å². The van der Waals surface area contributed by atoms with E-state index in [1.165, 1.54) is 25.1 Å². The Morgan fingerprint density at radius 2 is 1.86 bits per heavy atom. The molecule has 1 aliphatic heterocycles. The van der Waals surface area contributed by atoms with Gasteiger partial charge >= 0.3 is 11.9 Å². The highest BCUT2D eigenvalue weighted by Gasteiger charge is 2.44. The summed E-state index contributed by atoms with van der Waals surface area (Å²) in [5.41, 5.74) is -0.0985. The summed E-state index contributed by atoms with van der Waals surface area (Å²) >= 11 is 0. The van der Waals surface area contributed by atoms with Crippen molar-refractivity contribution < 1.29 is 33.8 Å². The van der Waals surface area contributed by atoms with Crippen molar-refractivity contribution in [3.63, 3.8) is 0 Å². The first-order valence-electron chi connectivity index (χ1n) is 9.57. The Hall–Kier alpha value is -3.10.